The topological polar surface area (TPSA) is 70.6 Å². The highest BCUT2D eigenvalue weighted by atomic mass is 16.2. The number of rotatable bonds is 3. The summed E-state index contributed by atoms with van der Waals surface area (Å²) in [6.45, 7) is 0.716. The number of imide groups is 1. The fourth-order valence-corrected chi connectivity index (χ4v) is 3.26. The van der Waals surface area contributed by atoms with Gasteiger partial charge in [0.1, 0.15) is 5.69 Å². The second-order valence-corrected chi connectivity index (χ2v) is 5.84. The zero-order valence-corrected chi connectivity index (χ0v) is 12.9. The Hall–Kier alpha value is -3.02. The van der Waals surface area contributed by atoms with Crippen LogP contribution in [0.2, 0.25) is 0 Å². The van der Waals surface area contributed by atoms with Crippen LogP contribution in [0.25, 0.3) is 0 Å². The SMILES string of the molecule is O=C1c2cccnc2C(=O)N1CCC(=O)N1CCc2ccccc21. The van der Waals surface area contributed by atoms with E-state index in [-0.39, 0.29) is 30.5 Å². The van der Waals surface area contributed by atoms with Gasteiger partial charge in [0.2, 0.25) is 5.91 Å². The molecule has 0 spiro atoms. The van der Waals surface area contributed by atoms with Crippen LogP contribution in [0.15, 0.2) is 42.6 Å². The van der Waals surface area contributed by atoms with Gasteiger partial charge in [0.05, 0.1) is 5.56 Å². The summed E-state index contributed by atoms with van der Waals surface area (Å²) in [6.07, 6.45) is 2.43. The van der Waals surface area contributed by atoms with Crippen molar-refractivity contribution in [2.45, 2.75) is 12.8 Å². The fraction of sp³-hybridized carbons (Fsp3) is 0.222. The number of fused-ring (bicyclic) bond motifs is 2. The third-order valence-electron chi connectivity index (χ3n) is 4.47. The molecule has 120 valence electrons. The molecule has 2 aromatic rings. The number of nitrogens with zero attached hydrogens (tertiary/aromatic N) is 3. The van der Waals surface area contributed by atoms with Crippen molar-refractivity contribution in [3.8, 4) is 0 Å². The molecule has 1 aromatic carbocycles. The van der Waals surface area contributed by atoms with Crippen LogP contribution in [0.5, 0.6) is 0 Å². The number of pyridine rings is 1. The van der Waals surface area contributed by atoms with Crippen molar-refractivity contribution in [2.75, 3.05) is 18.0 Å². The minimum absolute atomic E-state index is 0.0749. The number of hydrogen-bond acceptors (Lipinski definition) is 4. The number of anilines is 1. The number of amides is 3. The van der Waals surface area contributed by atoms with Crippen molar-refractivity contribution in [1.29, 1.82) is 0 Å². The molecule has 6 heteroatoms. The largest absolute Gasteiger partial charge is 0.312 e. The van der Waals surface area contributed by atoms with Crippen molar-refractivity contribution in [3.63, 3.8) is 0 Å². The Morgan fingerprint density at radius 3 is 2.75 bits per heavy atom. The Morgan fingerprint density at radius 2 is 1.92 bits per heavy atom. The molecule has 0 radical (unpaired) electrons. The molecular formula is C18H15N3O3. The predicted molar refractivity (Wildman–Crippen MR) is 86.7 cm³/mol. The first kappa shape index (κ1) is 14.6. The summed E-state index contributed by atoms with van der Waals surface area (Å²) >= 11 is 0. The molecule has 0 N–H and O–H groups in total. The molecule has 1 aromatic heterocycles. The number of carbonyl (C=O) groups excluding carboxylic acids is 3. The molecule has 0 fully saturated rings. The maximum atomic E-state index is 12.5. The second-order valence-electron chi connectivity index (χ2n) is 5.84. The van der Waals surface area contributed by atoms with Crippen LogP contribution < -0.4 is 4.90 Å². The molecule has 0 aliphatic carbocycles. The quantitative estimate of drug-likeness (QED) is 0.806. The summed E-state index contributed by atoms with van der Waals surface area (Å²) in [6, 6.07) is 11.0. The number of para-hydroxylation sites is 1. The average molecular weight is 321 g/mol. The van der Waals surface area contributed by atoms with Gasteiger partial charge in [-0.1, -0.05) is 18.2 Å². The summed E-state index contributed by atoms with van der Waals surface area (Å²) in [7, 11) is 0. The van der Waals surface area contributed by atoms with E-state index < -0.39 is 5.91 Å². The number of aromatic nitrogens is 1. The first-order valence-electron chi connectivity index (χ1n) is 7.86. The molecule has 0 bridgehead atoms. The van der Waals surface area contributed by atoms with E-state index in [1.165, 1.54) is 6.20 Å². The van der Waals surface area contributed by atoms with Crippen LogP contribution in [0, 0.1) is 0 Å². The fourth-order valence-electron chi connectivity index (χ4n) is 3.26. The first-order valence-corrected chi connectivity index (χ1v) is 7.86. The van der Waals surface area contributed by atoms with Crippen molar-refractivity contribution < 1.29 is 14.4 Å². The van der Waals surface area contributed by atoms with Gasteiger partial charge >= 0.3 is 0 Å². The van der Waals surface area contributed by atoms with E-state index in [1.807, 2.05) is 24.3 Å². The normalized spacial score (nSPS) is 15.7. The average Bonchev–Trinajstić information content (AvgIpc) is 3.14. The van der Waals surface area contributed by atoms with E-state index in [1.54, 1.807) is 17.0 Å². The van der Waals surface area contributed by atoms with Gasteiger partial charge in [-0.25, -0.2) is 0 Å². The lowest BCUT2D eigenvalue weighted by Crippen LogP contribution is -2.36. The van der Waals surface area contributed by atoms with Crippen LogP contribution in [-0.4, -0.2) is 40.7 Å². The highest BCUT2D eigenvalue weighted by Crippen LogP contribution is 2.28. The van der Waals surface area contributed by atoms with Crippen LogP contribution in [0.3, 0.4) is 0 Å². The Bertz CT molecular complexity index is 827. The zero-order valence-electron chi connectivity index (χ0n) is 12.9. The van der Waals surface area contributed by atoms with Crippen LogP contribution in [0.1, 0.15) is 32.8 Å². The van der Waals surface area contributed by atoms with Crippen molar-refractivity contribution >= 4 is 23.4 Å². The molecule has 2 aliphatic rings. The van der Waals surface area contributed by atoms with E-state index in [0.29, 0.717) is 12.1 Å². The van der Waals surface area contributed by atoms with E-state index in [0.717, 1.165) is 22.6 Å². The van der Waals surface area contributed by atoms with Gasteiger partial charge in [-0.15, -0.1) is 0 Å². The number of benzene rings is 1. The van der Waals surface area contributed by atoms with E-state index in [9.17, 15) is 14.4 Å². The molecule has 6 nitrogen and oxygen atoms in total. The minimum Gasteiger partial charge on any atom is -0.312 e. The molecule has 0 unspecified atom stereocenters. The molecule has 0 saturated carbocycles. The van der Waals surface area contributed by atoms with Crippen molar-refractivity contribution in [3.05, 3.63) is 59.4 Å². The zero-order chi connectivity index (χ0) is 16.7. The van der Waals surface area contributed by atoms with Crippen molar-refractivity contribution in [1.82, 2.24) is 9.88 Å². The standard InChI is InChI=1S/C18H15N3O3/c22-15(20-10-7-12-4-1-2-6-14(12)20)8-11-21-17(23)13-5-3-9-19-16(13)18(21)24/h1-6,9H,7-8,10-11H2. The summed E-state index contributed by atoms with van der Waals surface area (Å²) in [5.41, 5.74) is 2.55. The predicted octanol–water partition coefficient (Wildman–Crippen LogP) is 1.66. The molecule has 3 heterocycles. The molecule has 0 saturated heterocycles. The summed E-state index contributed by atoms with van der Waals surface area (Å²) in [5.74, 6) is -0.882. The van der Waals surface area contributed by atoms with Gasteiger partial charge < -0.3 is 4.90 Å². The van der Waals surface area contributed by atoms with E-state index in [2.05, 4.69) is 4.98 Å². The van der Waals surface area contributed by atoms with E-state index >= 15 is 0 Å². The van der Waals surface area contributed by atoms with Crippen LogP contribution in [0.4, 0.5) is 5.69 Å². The second kappa shape index (κ2) is 5.56. The molecule has 0 atom stereocenters. The maximum Gasteiger partial charge on any atom is 0.280 e. The molecule has 4 rings (SSSR count). The summed E-state index contributed by atoms with van der Waals surface area (Å²) < 4.78 is 0. The third kappa shape index (κ3) is 2.19. The van der Waals surface area contributed by atoms with Gasteiger partial charge in [-0.05, 0) is 30.2 Å². The van der Waals surface area contributed by atoms with E-state index in [4.69, 9.17) is 0 Å². The van der Waals surface area contributed by atoms with Gasteiger partial charge in [0.25, 0.3) is 11.8 Å². The van der Waals surface area contributed by atoms with Gasteiger partial charge in [0, 0.05) is 31.4 Å². The van der Waals surface area contributed by atoms with Gasteiger partial charge in [-0.3, -0.25) is 24.3 Å². The number of hydrogen-bond donors (Lipinski definition) is 0. The first-order chi connectivity index (χ1) is 11.7. The lowest BCUT2D eigenvalue weighted by atomic mass is 10.2. The third-order valence-corrected chi connectivity index (χ3v) is 4.47. The van der Waals surface area contributed by atoms with Crippen LogP contribution >= 0.6 is 0 Å². The minimum atomic E-state index is -0.426. The highest BCUT2D eigenvalue weighted by molar-refractivity contribution is 6.20. The maximum absolute atomic E-state index is 12.5. The number of carbonyl (C=O) groups is 3. The Balaban J connectivity index is 1.46. The van der Waals surface area contributed by atoms with Gasteiger partial charge in [-0.2, -0.15) is 0 Å². The molecule has 3 amide bonds. The van der Waals surface area contributed by atoms with Crippen molar-refractivity contribution in [2.24, 2.45) is 0 Å². The summed E-state index contributed by atoms with van der Waals surface area (Å²) in [4.78, 5) is 43.9. The summed E-state index contributed by atoms with van der Waals surface area (Å²) in [5, 5.41) is 0. The smallest absolute Gasteiger partial charge is 0.280 e. The molecule has 24 heavy (non-hydrogen) atoms. The Labute approximate surface area is 138 Å². The Morgan fingerprint density at radius 1 is 1.08 bits per heavy atom. The highest BCUT2D eigenvalue weighted by Gasteiger charge is 2.37. The Kier molecular flexibility index (Phi) is 3.37. The lowest BCUT2D eigenvalue weighted by molar-refractivity contribution is -0.118. The molecule has 2 aliphatic heterocycles. The molecular weight excluding hydrogens is 306 g/mol. The van der Waals surface area contributed by atoms with Crippen LogP contribution in [-0.2, 0) is 11.2 Å². The van der Waals surface area contributed by atoms with Gasteiger partial charge in [0.15, 0.2) is 0 Å². The lowest BCUT2D eigenvalue weighted by Gasteiger charge is -2.19. The monoisotopic (exact) mass is 321 g/mol.